The first kappa shape index (κ1) is 23.2. The van der Waals surface area contributed by atoms with Gasteiger partial charge in [-0.3, -0.25) is 4.90 Å². The smallest absolute Gasteiger partial charge is 0.320 e. The van der Waals surface area contributed by atoms with Gasteiger partial charge in [0.25, 0.3) is 0 Å². The van der Waals surface area contributed by atoms with Gasteiger partial charge in [0.2, 0.25) is 0 Å². The molecule has 2 saturated heterocycles. The van der Waals surface area contributed by atoms with E-state index < -0.39 is 0 Å². The summed E-state index contributed by atoms with van der Waals surface area (Å²) in [6, 6.07) is 12.8. The fraction of sp³-hybridized carbons (Fsp3) is 0.577. The second-order valence-electron chi connectivity index (χ2n) is 9.60. The molecule has 2 amide bonds. The van der Waals surface area contributed by atoms with Crippen molar-refractivity contribution in [1.82, 2.24) is 24.9 Å². The summed E-state index contributed by atoms with van der Waals surface area (Å²) in [6.07, 6.45) is 3.06. The van der Waals surface area contributed by atoms with Gasteiger partial charge in [0.05, 0.1) is 24.0 Å². The molecule has 1 aromatic heterocycles. The van der Waals surface area contributed by atoms with Crippen LogP contribution in [0.5, 0.6) is 0 Å². The summed E-state index contributed by atoms with van der Waals surface area (Å²) in [5.74, 6) is 0.429. The quantitative estimate of drug-likeness (QED) is 0.597. The van der Waals surface area contributed by atoms with Gasteiger partial charge in [-0.05, 0) is 42.5 Å². The van der Waals surface area contributed by atoms with Crippen molar-refractivity contribution >= 4 is 6.03 Å². The van der Waals surface area contributed by atoms with E-state index in [0.29, 0.717) is 25.6 Å². The van der Waals surface area contributed by atoms with Crippen LogP contribution in [-0.2, 0) is 29.0 Å². The molecule has 0 radical (unpaired) electrons. The minimum atomic E-state index is -0.00675. The van der Waals surface area contributed by atoms with E-state index in [1.807, 2.05) is 15.9 Å². The third-order valence-electron chi connectivity index (χ3n) is 7.34. The van der Waals surface area contributed by atoms with Crippen molar-refractivity contribution < 1.29 is 14.3 Å². The van der Waals surface area contributed by atoms with Gasteiger partial charge in [-0.1, -0.05) is 24.3 Å². The molecule has 0 spiro atoms. The fourth-order valence-corrected chi connectivity index (χ4v) is 5.26. The molecule has 1 aromatic carbocycles. The fourth-order valence-electron chi connectivity index (χ4n) is 5.26. The first-order valence-electron chi connectivity index (χ1n) is 12.5. The average molecular weight is 466 g/mol. The van der Waals surface area contributed by atoms with Crippen LogP contribution in [-0.4, -0.2) is 90.1 Å². The standard InChI is InChI=1S/C26H35N5O3/c1-33-24(18-29-11-8-20-4-2-3-5-22(20)16-29)19-31-13-12-30(26(31)32)17-23-6-7-25(28-27-23)21-9-14-34-15-10-21/h2-7,21,24H,8-19H2,1H3/t24-/m1/s1. The van der Waals surface area contributed by atoms with E-state index in [4.69, 9.17) is 9.47 Å². The molecule has 0 saturated carbocycles. The zero-order chi connectivity index (χ0) is 23.3. The van der Waals surface area contributed by atoms with Gasteiger partial charge in [0.1, 0.15) is 0 Å². The summed E-state index contributed by atoms with van der Waals surface area (Å²) in [5.41, 5.74) is 4.71. The number of urea groups is 1. The lowest BCUT2D eigenvalue weighted by atomic mass is 9.96. The Balaban J connectivity index is 1.12. The van der Waals surface area contributed by atoms with Crippen LogP contribution in [0, 0.1) is 0 Å². The van der Waals surface area contributed by atoms with E-state index in [9.17, 15) is 4.79 Å². The zero-order valence-corrected chi connectivity index (χ0v) is 20.1. The van der Waals surface area contributed by atoms with Gasteiger partial charge in [-0.2, -0.15) is 10.2 Å². The van der Waals surface area contributed by atoms with Crippen molar-refractivity contribution in [3.63, 3.8) is 0 Å². The lowest BCUT2D eigenvalue weighted by molar-refractivity contribution is 0.0419. The predicted molar refractivity (Wildman–Crippen MR) is 128 cm³/mol. The van der Waals surface area contributed by atoms with Gasteiger partial charge < -0.3 is 19.3 Å². The number of aromatic nitrogens is 2. The molecule has 2 fully saturated rings. The number of hydrogen-bond acceptors (Lipinski definition) is 6. The van der Waals surface area contributed by atoms with Gasteiger partial charge in [0, 0.05) is 65.5 Å². The van der Waals surface area contributed by atoms with Crippen LogP contribution in [0.15, 0.2) is 36.4 Å². The molecular formula is C26H35N5O3. The third-order valence-corrected chi connectivity index (χ3v) is 7.34. The number of rotatable bonds is 8. The molecule has 8 heteroatoms. The summed E-state index contributed by atoms with van der Waals surface area (Å²) in [4.78, 5) is 19.3. The van der Waals surface area contributed by atoms with Crippen LogP contribution in [0.3, 0.4) is 0 Å². The maximum atomic E-state index is 13.1. The number of carbonyl (C=O) groups excluding carboxylic acids is 1. The highest BCUT2D eigenvalue weighted by molar-refractivity contribution is 5.76. The van der Waals surface area contributed by atoms with Crippen molar-refractivity contribution in [2.45, 2.75) is 44.4 Å². The van der Waals surface area contributed by atoms with Gasteiger partial charge in [-0.15, -0.1) is 0 Å². The van der Waals surface area contributed by atoms with E-state index in [1.54, 1.807) is 7.11 Å². The molecule has 5 rings (SSSR count). The Morgan fingerprint density at radius 3 is 2.56 bits per heavy atom. The molecule has 2 aromatic rings. The number of ether oxygens (including phenoxy) is 2. The summed E-state index contributed by atoms with van der Waals surface area (Å²) < 4.78 is 11.2. The molecule has 3 aliphatic rings. The Morgan fingerprint density at radius 1 is 1.00 bits per heavy atom. The van der Waals surface area contributed by atoms with Crippen LogP contribution in [0.2, 0.25) is 0 Å². The first-order valence-corrected chi connectivity index (χ1v) is 12.5. The summed E-state index contributed by atoms with van der Waals surface area (Å²) in [6.45, 7) is 6.91. The molecule has 0 aliphatic carbocycles. The van der Waals surface area contributed by atoms with E-state index in [0.717, 1.165) is 70.0 Å². The Morgan fingerprint density at radius 2 is 1.79 bits per heavy atom. The van der Waals surface area contributed by atoms with E-state index in [2.05, 4.69) is 45.4 Å². The van der Waals surface area contributed by atoms with Crippen LogP contribution >= 0.6 is 0 Å². The second-order valence-corrected chi connectivity index (χ2v) is 9.60. The SMILES string of the molecule is CO[C@H](CN1CCc2ccccc2C1)CN1CCN(Cc2ccc(C3CCOCC3)nn2)C1=O. The minimum Gasteiger partial charge on any atom is -0.381 e. The normalized spacial score (nSPS) is 20.6. The number of amides is 2. The Labute approximate surface area is 201 Å². The zero-order valence-electron chi connectivity index (χ0n) is 20.1. The highest BCUT2D eigenvalue weighted by Gasteiger charge is 2.31. The van der Waals surface area contributed by atoms with Crippen LogP contribution in [0.25, 0.3) is 0 Å². The van der Waals surface area contributed by atoms with Gasteiger partial charge in [-0.25, -0.2) is 4.79 Å². The van der Waals surface area contributed by atoms with Crippen molar-refractivity contribution in [2.24, 2.45) is 0 Å². The van der Waals surface area contributed by atoms with E-state index >= 15 is 0 Å². The molecule has 1 atom stereocenters. The number of carbonyl (C=O) groups is 1. The van der Waals surface area contributed by atoms with Gasteiger partial charge >= 0.3 is 6.03 Å². The largest absolute Gasteiger partial charge is 0.381 e. The molecule has 0 bridgehead atoms. The highest BCUT2D eigenvalue weighted by Crippen LogP contribution is 2.25. The van der Waals surface area contributed by atoms with E-state index in [-0.39, 0.29) is 12.1 Å². The van der Waals surface area contributed by atoms with Crippen molar-refractivity contribution in [3.8, 4) is 0 Å². The first-order chi connectivity index (χ1) is 16.7. The molecule has 3 aliphatic heterocycles. The summed E-state index contributed by atoms with van der Waals surface area (Å²) >= 11 is 0. The maximum absolute atomic E-state index is 13.1. The average Bonchev–Trinajstić information content (AvgIpc) is 3.23. The summed E-state index contributed by atoms with van der Waals surface area (Å²) in [7, 11) is 1.75. The maximum Gasteiger partial charge on any atom is 0.320 e. The molecule has 182 valence electrons. The lowest BCUT2D eigenvalue weighted by Gasteiger charge is -2.32. The summed E-state index contributed by atoms with van der Waals surface area (Å²) in [5, 5.41) is 8.86. The molecule has 8 nitrogen and oxygen atoms in total. The minimum absolute atomic E-state index is 0.00675. The molecule has 0 unspecified atom stereocenters. The van der Waals surface area contributed by atoms with Crippen molar-refractivity contribution in [3.05, 3.63) is 58.9 Å². The number of methoxy groups -OCH3 is 1. The second kappa shape index (κ2) is 10.8. The molecule has 34 heavy (non-hydrogen) atoms. The molecular weight excluding hydrogens is 430 g/mol. The Hall–Kier alpha value is -2.55. The predicted octanol–water partition coefficient (Wildman–Crippen LogP) is 2.68. The lowest BCUT2D eigenvalue weighted by Crippen LogP contribution is -2.44. The number of fused-ring (bicyclic) bond motifs is 1. The highest BCUT2D eigenvalue weighted by atomic mass is 16.5. The third kappa shape index (κ3) is 5.40. The van der Waals surface area contributed by atoms with E-state index in [1.165, 1.54) is 11.1 Å². The topological polar surface area (TPSA) is 71.0 Å². The number of benzene rings is 1. The Kier molecular flexibility index (Phi) is 7.37. The monoisotopic (exact) mass is 465 g/mol. The van der Waals surface area contributed by atoms with Crippen molar-refractivity contribution in [1.29, 1.82) is 0 Å². The molecule has 0 N–H and O–H groups in total. The number of hydrogen-bond donors (Lipinski definition) is 0. The van der Waals surface area contributed by atoms with Crippen LogP contribution in [0.1, 0.15) is 41.3 Å². The number of nitrogens with zero attached hydrogens (tertiary/aromatic N) is 5. The Bertz CT molecular complexity index is 963. The van der Waals surface area contributed by atoms with Crippen molar-refractivity contribution in [2.75, 3.05) is 53.0 Å². The van der Waals surface area contributed by atoms with Crippen LogP contribution < -0.4 is 0 Å². The van der Waals surface area contributed by atoms with Crippen LogP contribution in [0.4, 0.5) is 4.79 Å². The van der Waals surface area contributed by atoms with Gasteiger partial charge in [0.15, 0.2) is 0 Å². The molecule has 4 heterocycles.